The van der Waals surface area contributed by atoms with E-state index in [1.165, 1.54) is 12.7 Å². The van der Waals surface area contributed by atoms with Crippen LogP contribution in [0.5, 0.6) is 0 Å². The fraction of sp³-hybridized carbons (Fsp3) is 0.381. The van der Waals surface area contributed by atoms with Gasteiger partial charge in [-0.05, 0) is 17.5 Å². The van der Waals surface area contributed by atoms with Gasteiger partial charge in [-0.1, -0.05) is 74.0 Å². The summed E-state index contributed by atoms with van der Waals surface area (Å²) in [6.07, 6.45) is 1.16. The molecule has 0 heterocycles. The normalized spacial score (nSPS) is 13.2. The first-order chi connectivity index (χ1) is 12.2. The van der Waals surface area contributed by atoms with Gasteiger partial charge in [0.05, 0.1) is 13.7 Å². The van der Waals surface area contributed by atoms with Gasteiger partial charge in [0, 0.05) is 12.6 Å². The number of rotatable bonds is 10. The Balaban J connectivity index is 2.03. The highest BCUT2D eigenvalue weighted by molar-refractivity contribution is 5.75. The van der Waals surface area contributed by atoms with Crippen molar-refractivity contribution in [3.8, 4) is 0 Å². The molecule has 0 bridgehead atoms. The molecule has 0 aliphatic heterocycles. The fourth-order valence-electron chi connectivity index (χ4n) is 2.74. The first kappa shape index (κ1) is 19.2. The summed E-state index contributed by atoms with van der Waals surface area (Å²) in [4.78, 5) is 12.3. The van der Waals surface area contributed by atoms with E-state index in [9.17, 15) is 4.79 Å². The summed E-state index contributed by atoms with van der Waals surface area (Å²) in [6, 6.07) is 19.9. The standard InChI is InChI=1S/C21H27NO3/c1-3-10-19(22-15-17-11-6-4-7-12-17)20(21(23)24-2)25-16-18-13-8-5-9-14-18/h4-9,11-14,19-20,22H,3,10,15-16H2,1-2H3. The molecule has 0 aromatic heterocycles. The zero-order valence-electron chi connectivity index (χ0n) is 15.0. The monoisotopic (exact) mass is 341 g/mol. The lowest BCUT2D eigenvalue weighted by Crippen LogP contribution is -2.46. The Labute approximate surface area is 150 Å². The van der Waals surface area contributed by atoms with E-state index in [1.807, 2.05) is 48.5 Å². The first-order valence-electron chi connectivity index (χ1n) is 8.75. The largest absolute Gasteiger partial charge is 0.467 e. The average Bonchev–Trinajstić information content (AvgIpc) is 2.67. The molecule has 2 aromatic carbocycles. The second kappa shape index (κ2) is 10.6. The maximum atomic E-state index is 12.3. The zero-order valence-corrected chi connectivity index (χ0v) is 15.0. The minimum atomic E-state index is -0.631. The Morgan fingerprint density at radius 2 is 1.60 bits per heavy atom. The Bertz CT molecular complexity index is 616. The quantitative estimate of drug-likeness (QED) is 0.669. The van der Waals surface area contributed by atoms with Crippen LogP contribution >= 0.6 is 0 Å². The minimum Gasteiger partial charge on any atom is -0.467 e. The summed E-state index contributed by atoms with van der Waals surface area (Å²) in [5.74, 6) is -0.338. The first-order valence-corrected chi connectivity index (χ1v) is 8.75. The third-order valence-electron chi connectivity index (χ3n) is 4.08. The van der Waals surface area contributed by atoms with Crippen molar-refractivity contribution in [3.63, 3.8) is 0 Å². The van der Waals surface area contributed by atoms with Crippen LogP contribution in [-0.2, 0) is 27.4 Å². The highest BCUT2D eigenvalue weighted by Gasteiger charge is 2.29. The Morgan fingerprint density at radius 1 is 1.00 bits per heavy atom. The summed E-state index contributed by atoms with van der Waals surface area (Å²) in [6.45, 7) is 3.17. The molecule has 25 heavy (non-hydrogen) atoms. The maximum Gasteiger partial charge on any atom is 0.336 e. The molecule has 1 N–H and O–H groups in total. The van der Waals surface area contributed by atoms with Crippen LogP contribution in [0.4, 0.5) is 0 Å². The van der Waals surface area contributed by atoms with Crippen LogP contribution in [0.15, 0.2) is 60.7 Å². The van der Waals surface area contributed by atoms with E-state index < -0.39 is 6.10 Å². The van der Waals surface area contributed by atoms with E-state index in [-0.39, 0.29) is 12.0 Å². The lowest BCUT2D eigenvalue weighted by molar-refractivity contribution is -0.157. The number of carbonyl (C=O) groups is 1. The summed E-state index contributed by atoms with van der Waals surface area (Å²) < 4.78 is 10.9. The number of carbonyl (C=O) groups excluding carboxylic acids is 1. The summed E-state index contributed by atoms with van der Waals surface area (Å²) >= 11 is 0. The molecule has 0 aliphatic carbocycles. The van der Waals surface area contributed by atoms with Crippen molar-refractivity contribution in [1.82, 2.24) is 5.32 Å². The SMILES string of the molecule is CCCC(NCc1ccccc1)C(OCc1ccccc1)C(=O)OC. The third kappa shape index (κ3) is 6.33. The van der Waals surface area contributed by atoms with Crippen LogP contribution in [0.1, 0.15) is 30.9 Å². The maximum absolute atomic E-state index is 12.3. The molecule has 0 aliphatic rings. The molecule has 0 fully saturated rings. The van der Waals surface area contributed by atoms with Gasteiger partial charge in [-0.2, -0.15) is 0 Å². The smallest absolute Gasteiger partial charge is 0.336 e. The van der Waals surface area contributed by atoms with E-state index in [1.54, 1.807) is 0 Å². The minimum absolute atomic E-state index is 0.0960. The summed E-state index contributed by atoms with van der Waals surface area (Å²) in [5, 5.41) is 3.46. The predicted molar refractivity (Wildman–Crippen MR) is 99.0 cm³/mol. The van der Waals surface area contributed by atoms with Gasteiger partial charge in [0.25, 0.3) is 0 Å². The predicted octanol–water partition coefficient (Wildman–Crippen LogP) is 3.70. The fourth-order valence-corrected chi connectivity index (χ4v) is 2.74. The number of hydrogen-bond donors (Lipinski definition) is 1. The molecule has 0 amide bonds. The van der Waals surface area contributed by atoms with Gasteiger partial charge in [0.1, 0.15) is 0 Å². The number of benzene rings is 2. The van der Waals surface area contributed by atoms with E-state index in [0.717, 1.165) is 18.4 Å². The summed E-state index contributed by atoms with van der Waals surface area (Å²) in [5.41, 5.74) is 2.21. The van der Waals surface area contributed by atoms with Crippen molar-refractivity contribution in [2.45, 2.75) is 45.1 Å². The van der Waals surface area contributed by atoms with E-state index >= 15 is 0 Å². The van der Waals surface area contributed by atoms with Gasteiger partial charge >= 0.3 is 5.97 Å². The molecule has 2 aromatic rings. The van der Waals surface area contributed by atoms with Crippen LogP contribution in [0, 0.1) is 0 Å². The van der Waals surface area contributed by atoms with Crippen molar-refractivity contribution in [2.24, 2.45) is 0 Å². The van der Waals surface area contributed by atoms with Crippen molar-refractivity contribution in [2.75, 3.05) is 7.11 Å². The molecule has 2 unspecified atom stereocenters. The lowest BCUT2D eigenvalue weighted by Gasteiger charge is -2.26. The van der Waals surface area contributed by atoms with Gasteiger partial charge in [0.2, 0.25) is 0 Å². The van der Waals surface area contributed by atoms with Gasteiger partial charge in [0.15, 0.2) is 6.10 Å². The van der Waals surface area contributed by atoms with E-state index in [0.29, 0.717) is 13.2 Å². The molecule has 134 valence electrons. The van der Waals surface area contributed by atoms with Gasteiger partial charge in [-0.25, -0.2) is 4.79 Å². The third-order valence-corrected chi connectivity index (χ3v) is 4.08. The second-order valence-electron chi connectivity index (χ2n) is 6.00. The molecule has 0 radical (unpaired) electrons. The van der Waals surface area contributed by atoms with Crippen LogP contribution in [0.2, 0.25) is 0 Å². The van der Waals surface area contributed by atoms with Crippen molar-refractivity contribution >= 4 is 5.97 Å². The van der Waals surface area contributed by atoms with E-state index in [4.69, 9.17) is 9.47 Å². The molecular weight excluding hydrogens is 314 g/mol. The molecule has 2 rings (SSSR count). The van der Waals surface area contributed by atoms with Crippen LogP contribution in [0.25, 0.3) is 0 Å². The Kier molecular flexibility index (Phi) is 8.16. The molecule has 2 atom stereocenters. The molecule has 0 saturated heterocycles. The number of nitrogens with one attached hydrogen (secondary N) is 1. The Hall–Kier alpha value is -2.17. The lowest BCUT2D eigenvalue weighted by atomic mass is 10.0. The van der Waals surface area contributed by atoms with Crippen LogP contribution in [0.3, 0.4) is 0 Å². The summed E-state index contributed by atoms with van der Waals surface area (Å²) in [7, 11) is 1.40. The number of hydrogen-bond acceptors (Lipinski definition) is 4. The molecule has 4 nitrogen and oxygen atoms in total. The zero-order chi connectivity index (χ0) is 17.9. The van der Waals surface area contributed by atoms with E-state index in [2.05, 4.69) is 24.4 Å². The topological polar surface area (TPSA) is 47.6 Å². The van der Waals surface area contributed by atoms with Crippen LogP contribution in [-0.4, -0.2) is 25.2 Å². The van der Waals surface area contributed by atoms with Crippen molar-refractivity contribution < 1.29 is 14.3 Å². The van der Waals surface area contributed by atoms with Crippen molar-refractivity contribution in [1.29, 1.82) is 0 Å². The second-order valence-corrected chi connectivity index (χ2v) is 6.00. The highest BCUT2D eigenvalue weighted by Crippen LogP contribution is 2.13. The van der Waals surface area contributed by atoms with Gasteiger partial charge in [-0.3, -0.25) is 0 Å². The molecule has 4 heteroatoms. The van der Waals surface area contributed by atoms with Gasteiger partial charge < -0.3 is 14.8 Å². The molecule has 0 spiro atoms. The highest BCUT2D eigenvalue weighted by atomic mass is 16.6. The Morgan fingerprint density at radius 3 is 2.16 bits per heavy atom. The van der Waals surface area contributed by atoms with Gasteiger partial charge in [-0.15, -0.1) is 0 Å². The molecule has 0 saturated carbocycles. The molecular formula is C21H27NO3. The van der Waals surface area contributed by atoms with Crippen LogP contribution < -0.4 is 5.32 Å². The van der Waals surface area contributed by atoms with Crippen molar-refractivity contribution in [3.05, 3.63) is 71.8 Å². The number of methoxy groups -OCH3 is 1. The number of ether oxygens (including phenoxy) is 2. The average molecular weight is 341 g/mol. The number of esters is 1.